The van der Waals surface area contributed by atoms with Gasteiger partial charge in [-0.2, -0.15) is 0 Å². The molecule has 0 aromatic heterocycles. The largest absolute Gasteiger partial charge is 0.493 e. The second kappa shape index (κ2) is 7.66. The number of rotatable bonds is 7. The number of halogens is 1. The molecule has 0 saturated carbocycles. The molecule has 0 bridgehead atoms. The van der Waals surface area contributed by atoms with Crippen molar-refractivity contribution in [3.63, 3.8) is 0 Å². The minimum absolute atomic E-state index is 0.321. The van der Waals surface area contributed by atoms with Crippen molar-refractivity contribution in [2.45, 2.75) is 19.8 Å². The molecule has 1 rings (SSSR count). The monoisotopic (exact) mass is 255 g/mol. The van der Waals surface area contributed by atoms with Gasteiger partial charge in [0.1, 0.15) is 11.6 Å². The van der Waals surface area contributed by atoms with Gasteiger partial charge in [-0.25, -0.2) is 4.39 Å². The van der Waals surface area contributed by atoms with Crippen LogP contribution in [0.2, 0.25) is 0 Å². The van der Waals surface area contributed by atoms with E-state index in [1.165, 1.54) is 18.2 Å². The molecule has 0 atom stereocenters. The highest BCUT2D eigenvalue weighted by molar-refractivity contribution is 6.00. The van der Waals surface area contributed by atoms with Crippen LogP contribution in [-0.2, 0) is 4.74 Å². The van der Waals surface area contributed by atoms with Crippen LogP contribution in [0, 0.1) is 5.82 Å². The number of ether oxygens (including phenoxy) is 2. The summed E-state index contributed by atoms with van der Waals surface area (Å²) in [4.78, 5) is 0. The molecule has 0 spiro atoms. The lowest BCUT2D eigenvalue weighted by Gasteiger charge is -2.10. The van der Waals surface area contributed by atoms with Crippen molar-refractivity contribution in [2.75, 3.05) is 20.3 Å². The minimum atomic E-state index is -0.389. The van der Waals surface area contributed by atoms with Crippen LogP contribution in [0.15, 0.2) is 23.4 Å². The third-order valence-electron chi connectivity index (χ3n) is 2.48. The molecule has 1 aromatic rings. The Morgan fingerprint density at radius 3 is 2.72 bits per heavy atom. The summed E-state index contributed by atoms with van der Waals surface area (Å²) in [6, 6.07) is 4.15. The highest BCUT2D eigenvalue weighted by atomic mass is 19.1. The standard InChI is InChI=1S/C13H18FNO3/c1-10(15-16)12-9-11(14)5-6-13(12)18-8-4-3-7-17-2/h5-6,9,16H,3-4,7-8H2,1-2H3/b15-10+. The minimum Gasteiger partial charge on any atom is -0.493 e. The number of oxime groups is 1. The molecule has 4 nitrogen and oxygen atoms in total. The first kappa shape index (κ1) is 14.4. The van der Waals surface area contributed by atoms with E-state index in [9.17, 15) is 4.39 Å². The quantitative estimate of drug-likeness (QED) is 0.353. The third kappa shape index (κ3) is 4.33. The van der Waals surface area contributed by atoms with Crippen molar-refractivity contribution in [3.8, 4) is 5.75 Å². The molecule has 0 aliphatic rings. The highest BCUT2D eigenvalue weighted by Crippen LogP contribution is 2.21. The molecule has 0 amide bonds. The normalized spacial score (nSPS) is 11.6. The Hall–Kier alpha value is -1.62. The predicted molar refractivity (Wildman–Crippen MR) is 67.0 cm³/mol. The van der Waals surface area contributed by atoms with Crippen molar-refractivity contribution < 1.29 is 19.1 Å². The SMILES string of the molecule is COCCCCOc1ccc(F)cc1/C(C)=N/O. The van der Waals surface area contributed by atoms with E-state index in [0.717, 1.165) is 12.8 Å². The lowest BCUT2D eigenvalue weighted by Crippen LogP contribution is -2.05. The van der Waals surface area contributed by atoms with Gasteiger partial charge in [0.15, 0.2) is 0 Å². The number of methoxy groups -OCH3 is 1. The first-order chi connectivity index (χ1) is 8.69. The van der Waals surface area contributed by atoms with Gasteiger partial charge in [-0.3, -0.25) is 0 Å². The van der Waals surface area contributed by atoms with Gasteiger partial charge >= 0.3 is 0 Å². The summed E-state index contributed by atoms with van der Waals surface area (Å²) in [5.74, 6) is 0.129. The Bertz CT molecular complexity index is 407. The van der Waals surface area contributed by atoms with Crippen molar-refractivity contribution in [3.05, 3.63) is 29.6 Å². The second-order valence-electron chi connectivity index (χ2n) is 3.87. The average molecular weight is 255 g/mol. The number of benzene rings is 1. The molecule has 0 fully saturated rings. The molecule has 1 aromatic carbocycles. The number of unbranched alkanes of at least 4 members (excludes halogenated alkanes) is 1. The van der Waals surface area contributed by atoms with Crippen LogP contribution in [0.1, 0.15) is 25.3 Å². The number of hydrogen-bond acceptors (Lipinski definition) is 4. The second-order valence-corrected chi connectivity index (χ2v) is 3.87. The zero-order chi connectivity index (χ0) is 13.4. The maximum Gasteiger partial charge on any atom is 0.128 e. The van der Waals surface area contributed by atoms with Gasteiger partial charge < -0.3 is 14.7 Å². The molecule has 5 heteroatoms. The van der Waals surface area contributed by atoms with Crippen LogP contribution < -0.4 is 4.74 Å². The maximum absolute atomic E-state index is 13.1. The van der Waals surface area contributed by atoms with Crippen LogP contribution in [-0.4, -0.2) is 31.2 Å². The maximum atomic E-state index is 13.1. The zero-order valence-corrected chi connectivity index (χ0v) is 10.6. The van der Waals surface area contributed by atoms with Crippen LogP contribution in [0.25, 0.3) is 0 Å². The molecule has 1 N–H and O–H groups in total. The molecule has 100 valence electrons. The molecule has 0 saturated heterocycles. The molecular weight excluding hydrogens is 237 g/mol. The van der Waals surface area contributed by atoms with Gasteiger partial charge in [-0.1, -0.05) is 5.16 Å². The summed E-state index contributed by atoms with van der Waals surface area (Å²) in [6.45, 7) is 2.80. The lowest BCUT2D eigenvalue weighted by molar-refractivity contribution is 0.184. The molecule has 0 radical (unpaired) electrons. The van der Waals surface area contributed by atoms with Gasteiger partial charge in [-0.05, 0) is 38.0 Å². The van der Waals surface area contributed by atoms with E-state index in [2.05, 4.69) is 5.16 Å². The summed E-state index contributed by atoms with van der Waals surface area (Å²) >= 11 is 0. The Morgan fingerprint density at radius 1 is 1.33 bits per heavy atom. The fourth-order valence-electron chi connectivity index (χ4n) is 1.50. The van der Waals surface area contributed by atoms with Gasteiger partial charge in [0.25, 0.3) is 0 Å². The van der Waals surface area contributed by atoms with E-state index < -0.39 is 0 Å². The lowest BCUT2D eigenvalue weighted by atomic mass is 10.1. The summed E-state index contributed by atoms with van der Waals surface area (Å²) in [5.41, 5.74) is 0.783. The van der Waals surface area contributed by atoms with Gasteiger partial charge in [0.2, 0.25) is 0 Å². The topological polar surface area (TPSA) is 51.0 Å². The van der Waals surface area contributed by atoms with E-state index in [0.29, 0.717) is 30.2 Å². The molecule has 0 aliphatic heterocycles. The fraction of sp³-hybridized carbons (Fsp3) is 0.462. The number of hydrogen-bond donors (Lipinski definition) is 1. The molecule has 0 heterocycles. The molecule has 0 aliphatic carbocycles. The summed E-state index contributed by atoms with van der Waals surface area (Å²) in [5, 5.41) is 11.8. The van der Waals surface area contributed by atoms with E-state index in [1.54, 1.807) is 14.0 Å². The van der Waals surface area contributed by atoms with E-state index in [-0.39, 0.29) is 5.82 Å². The molecular formula is C13H18FNO3. The Morgan fingerprint density at radius 2 is 2.06 bits per heavy atom. The van der Waals surface area contributed by atoms with E-state index in [4.69, 9.17) is 14.7 Å². The van der Waals surface area contributed by atoms with E-state index >= 15 is 0 Å². The van der Waals surface area contributed by atoms with Crippen LogP contribution in [0.4, 0.5) is 4.39 Å². The Labute approximate surface area is 106 Å². The van der Waals surface area contributed by atoms with Crippen LogP contribution in [0.5, 0.6) is 5.75 Å². The molecule has 0 unspecified atom stereocenters. The third-order valence-corrected chi connectivity index (χ3v) is 2.48. The predicted octanol–water partition coefficient (Wildman–Crippen LogP) is 2.83. The van der Waals surface area contributed by atoms with Gasteiger partial charge in [0.05, 0.1) is 12.3 Å². The smallest absolute Gasteiger partial charge is 0.128 e. The van der Waals surface area contributed by atoms with Crippen LogP contribution >= 0.6 is 0 Å². The van der Waals surface area contributed by atoms with Crippen molar-refractivity contribution in [1.29, 1.82) is 0 Å². The van der Waals surface area contributed by atoms with Crippen molar-refractivity contribution in [1.82, 2.24) is 0 Å². The fourth-order valence-corrected chi connectivity index (χ4v) is 1.50. The summed E-state index contributed by atoms with van der Waals surface area (Å²) < 4.78 is 23.6. The Kier molecular flexibility index (Phi) is 6.14. The summed E-state index contributed by atoms with van der Waals surface area (Å²) in [6.07, 6.45) is 1.75. The van der Waals surface area contributed by atoms with Gasteiger partial charge in [0, 0.05) is 19.3 Å². The van der Waals surface area contributed by atoms with Crippen molar-refractivity contribution >= 4 is 5.71 Å². The number of nitrogens with zero attached hydrogens (tertiary/aromatic N) is 1. The van der Waals surface area contributed by atoms with Gasteiger partial charge in [-0.15, -0.1) is 0 Å². The first-order valence-corrected chi connectivity index (χ1v) is 5.79. The average Bonchev–Trinajstić information content (AvgIpc) is 2.39. The summed E-state index contributed by atoms with van der Waals surface area (Å²) in [7, 11) is 1.65. The Balaban J connectivity index is 2.64. The van der Waals surface area contributed by atoms with Crippen molar-refractivity contribution in [2.24, 2.45) is 5.16 Å². The first-order valence-electron chi connectivity index (χ1n) is 5.79. The zero-order valence-electron chi connectivity index (χ0n) is 10.6. The molecule has 18 heavy (non-hydrogen) atoms. The van der Waals surface area contributed by atoms with E-state index in [1.807, 2.05) is 0 Å². The highest BCUT2D eigenvalue weighted by Gasteiger charge is 2.09. The van der Waals surface area contributed by atoms with Crippen LogP contribution in [0.3, 0.4) is 0 Å².